The number of carbonyl (C=O) groups excluding carboxylic acids is 1. The second-order valence-corrected chi connectivity index (χ2v) is 6.32. The molecule has 26 heavy (non-hydrogen) atoms. The van der Waals surface area contributed by atoms with Gasteiger partial charge in [0.1, 0.15) is 0 Å². The Morgan fingerprint density at radius 2 is 1.81 bits per heavy atom. The van der Waals surface area contributed by atoms with Gasteiger partial charge in [-0.05, 0) is 49.4 Å². The lowest BCUT2D eigenvalue weighted by molar-refractivity contribution is 0.102. The predicted octanol–water partition coefficient (Wildman–Crippen LogP) is 4.63. The highest BCUT2D eigenvalue weighted by Crippen LogP contribution is 2.19. The van der Waals surface area contributed by atoms with E-state index >= 15 is 0 Å². The number of para-hydroxylation sites is 1. The van der Waals surface area contributed by atoms with Gasteiger partial charge in [-0.15, -0.1) is 0 Å². The van der Waals surface area contributed by atoms with Gasteiger partial charge in [0.2, 0.25) is 0 Å². The summed E-state index contributed by atoms with van der Waals surface area (Å²) in [6.07, 6.45) is 1.55. The summed E-state index contributed by atoms with van der Waals surface area (Å²) in [4.78, 5) is 17.2. The van der Waals surface area contributed by atoms with Crippen LogP contribution in [0.25, 0.3) is 16.7 Å². The molecule has 2 heterocycles. The van der Waals surface area contributed by atoms with E-state index in [0.717, 1.165) is 16.6 Å². The average molecular weight is 363 g/mol. The Bertz CT molecular complexity index is 1100. The summed E-state index contributed by atoms with van der Waals surface area (Å²) in [5.74, 6) is 0.448. The average Bonchev–Trinajstić information content (AvgIpc) is 3.05. The minimum atomic E-state index is -0.225. The molecule has 2 aromatic carbocycles. The van der Waals surface area contributed by atoms with E-state index in [1.54, 1.807) is 35.1 Å². The number of hydrogen-bond donors (Lipinski definition) is 1. The van der Waals surface area contributed by atoms with Crippen molar-refractivity contribution in [3.05, 3.63) is 83.1 Å². The number of halogens is 1. The number of aromatic nitrogens is 3. The van der Waals surface area contributed by atoms with Crippen LogP contribution in [-0.2, 0) is 0 Å². The molecule has 5 nitrogen and oxygen atoms in total. The zero-order valence-corrected chi connectivity index (χ0v) is 14.7. The summed E-state index contributed by atoms with van der Waals surface area (Å²) in [6, 6.07) is 18.7. The summed E-state index contributed by atoms with van der Waals surface area (Å²) >= 11 is 5.87. The molecule has 128 valence electrons. The fraction of sp³-hybridized carbons (Fsp3) is 0.0500. The predicted molar refractivity (Wildman–Crippen MR) is 103 cm³/mol. The molecule has 0 bridgehead atoms. The first-order chi connectivity index (χ1) is 12.6. The van der Waals surface area contributed by atoms with E-state index in [9.17, 15) is 4.79 Å². The molecule has 6 heteroatoms. The van der Waals surface area contributed by atoms with Crippen LogP contribution in [0.4, 0.5) is 5.69 Å². The van der Waals surface area contributed by atoms with Crippen LogP contribution in [0.5, 0.6) is 0 Å². The monoisotopic (exact) mass is 362 g/mol. The minimum Gasteiger partial charge on any atom is -0.322 e. The Hall–Kier alpha value is -3.18. The van der Waals surface area contributed by atoms with Crippen LogP contribution in [0.2, 0.25) is 5.02 Å². The van der Waals surface area contributed by atoms with Crippen LogP contribution in [-0.4, -0.2) is 20.7 Å². The molecule has 4 aromatic rings. The molecule has 0 unspecified atom stereocenters. The number of benzene rings is 2. The first-order valence-corrected chi connectivity index (χ1v) is 8.47. The van der Waals surface area contributed by atoms with E-state index in [1.807, 2.05) is 43.3 Å². The number of amides is 1. The third kappa shape index (κ3) is 3.05. The molecule has 0 atom stereocenters. The fourth-order valence-electron chi connectivity index (χ4n) is 2.77. The van der Waals surface area contributed by atoms with Crippen molar-refractivity contribution in [1.82, 2.24) is 14.8 Å². The molecule has 1 N–H and O–H groups in total. The maximum Gasteiger partial charge on any atom is 0.259 e. The van der Waals surface area contributed by atoms with Crippen LogP contribution >= 0.6 is 11.6 Å². The normalized spacial score (nSPS) is 10.8. The van der Waals surface area contributed by atoms with Gasteiger partial charge in [-0.25, -0.2) is 9.67 Å². The van der Waals surface area contributed by atoms with E-state index < -0.39 is 0 Å². The molecule has 0 saturated heterocycles. The van der Waals surface area contributed by atoms with Crippen molar-refractivity contribution in [1.29, 1.82) is 0 Å². The maximum absolute atomic E-state index is 12.6. The summed E-state index contributed by atoms with van der Waals surface area (Å²) in [7, 11) is 0. The summed E-state index contributed by atoms with van der Waals surface area (Å²) < 4.78 is 1.67. The largest absolute Gasteiger partial charge is 0.322 e. The molecule has 0 aliphatic heterocycles. The number of carbonyl (C=O) groups is 1. The first-order valence-electron chi connectivity index (χ1n) is 8.09. The van der Waals surface area contributed by atoms with Gasteiger partial charge in [-0.1, -0.05) is 29.8 Å². The van der Waals surface area contributed by atoms with Gasteiger partial charge in [0.05, 0.1) is 23.0 Å². The molecular weight excluding hydrogens is 348 g/mol. The van der Waals surface area contributed by atoms with E-state index in [-0.39, 0.29) is 5.91 Å². The standard InChI is InChI=1S/C20H15ClN4O/c1-13-17(20(26)23-16-9-7-15(21)8-10-16)12-22-25(13)19-11-6-14-4-2-3-5-18(14)24-19/h2-12H,1H3,(H,23,26). The van der Waals surface area contributed by atoms with E-state index in [1.165, 1.54) is 0 Å². The maximum atomic E-state index is 12.6. The molecule has 1 amide bonds. The van der Waals surface area contributed by atoms with Crippen molar-refractivity contribution in [2.75, 3.05) is 5.32 Å². The van der Waals surface area contributed by atoms with Crippen molar-refractivity contribution < 1.29 is 4.79 Å². The van der Waals surface area contributed by atoms with Crippen LogP contribution in [0.1, 0.15) is 16.1 Å². The lowest BCUT2D eigenvalue weighted by Gasteiger charge is -2.07. The van der Waals surface area contributed by atoms with Crippen molar-refractivity contribution in [2.24, 2.45) is 0 Å². The molecule has 4 rings (SSSR count). The molecule has 2 aromatic heterocycles. The van der Waals surface area contributed by atoms with Gasteiger partial charge in [-0.2, -0.15) is 5.10 Å². The molecule has 0 aliphatic rings. The van der Waals surface area contributed by atoms with Crippen molar-refractivity contribution in [3.8, 4) is 5.82 Å². The molecular formula is C20H15ClN4O. The third-order valence-corrected chi connectivity index (χ3v) is 4.41. The van der Waals surface area contributed by atoms with Crippen LogP contribution in [0, 0.1) is 6.92 Å². The zero-order chi connectivity index (χ0) is 18.1. The Morgan fingerprint density at radius 1 is 1.04 bits per heavy atom. The quantitative estimate of drug-likeness (QED) is 0.577. The molecule has 0 saturated carbocycles. The van der Waals surface area contributed by atoms with Gasteiger partial charge in [0.15, 0.2) is 5.82 Å². The molecule has 0 aliphatic carbocycles. The van der Waals surface area contributed by atoms with Crippen LogP contribution < -0.4 is 5.32 Å². The van der Waals surface area contributed by atoms with Gasteiger partial charge in [-0.3, -0.25) is 4.79 Å². The Morgan fingerprint density at radius 3 is 2.62 bits per heavy atom. The smallest absolute Gasteiger partial charge is 0.259 e. The van der Waals surface area contributed by atoms with Crippen LogP contribution in [0.3, 0.4) is 0 Å². The van der Waals surface area contributed by atoms with Gasteiger partial charge in [0.25, 0.3) is 5.91 Å². The Balaban J connectivity index is 1.64. The number of rotatable bonds is 3. The van der Waals surface area contributed by atoms with Crippen molar-refractivity contribution in [3.63, 3.8) is 0 Å². The zero-order valence-electron chi connectivity index (χ0n) is 14.0. The Labute approximate surface area is 155 Å². The second-order valence-electron chi connectivity index (χ2n) is 5.88. The number of pyridine rings is 1. The van der Waals surface area contributed by atoms with Crippen molar-refractivity contribution in [2.45, 2.75) is 6.92 Å². The summed E-state index contributed by atoms with van der Waals surface area (Å²) in [6.45, 7) is 1.85. The van der Waals surface area contributed by atoms with Gasteiger partial charge >= 0.3 is 0 Å². The molecule has 0 spiro atoms. The summed E-state index contributed by atoms with van der Waals surface area (Å²) in [5, 5.41) is 8.87. The highest BCUT2D eigenvalue weighted by Gasteiger charge is 2.16. The van der Waals surface area contributed by atoms with Gasteiger partial charge < -0.3 is 5.32 Å². The lowest BCUT2D eigenvalue weighted by atomic mass is 10.2. The second kappa shape index (κ2) is 6.61. The number of anilines is 1. The van der Waals surface area contributed by atoms with Gasteiger partial charge in [0, 0.05) is 16.1 Å². The number of nitrogens with zero attached hydrogens (tertiary/aromatic N) is 3. The van der Waals surface area contributed by atoms with Crippen molar-refractivity contribution >= 4 is 34.1 Å². The fourth-order valence-corrected chi connectivity index (χ4v) is 2.89. The number of hydrogen-bond acceptors (Lipinski definition) is 3. The number of nitrogens with one attached hydrogen (secondary N) is 1. The van der Waals surface area contributed by atoms with Crippen LogP contribution in [0.15, 0.2) is 66.9 Å². The highest BCUT2D eigenvalue weighted by molar-refractivity contribution is 6.30. The highest BCUT2D eigenvalue weighted by atomic mass is 35.5. The van der Waals surface area contributed by atoms with E-state index in [2.05, 4.69) is 15.4 Å². The Kier molecular flexibility index (Phi) is 4.14. The van der Waals surface area contributed by atoms with E-state index in [4.69, 9.17) is 11.6 Å². The molecule has 0 radical (unpaired) electrons. The third-order valence-electron chi connectivity index (χ3n) is 4.16. The summed E-state index contributed by atoms with van der Waals surface area (Å²) in [5.41, 5.74) is 2.77. The topological polar surface area (TPSA) is 59.8 Å². The lowest BCUT2D eigenvalue weighted by Crippen LogP contribution is -2.13. The SMILES string of the molecule is Cc1c(C(=O)Nc2ccc(Cl)cc2)cnn1-c1ccc2ccccc2n1. The van der Waals surface area contributed by atoms with E-state index in [0.29, 0.717) is 22.1 Å². The molecule has 0 fully saturated rings. The number of fused-ring (bicyclic) bond motifs is 1. The first kappa shape index (κ1) is 16.3. The minimum absolute atomic E-state index is 0.225.